The molecule has 1 aromatic carbocycles. The van der Waals surface area contributed by atoms with Crippen LogP contribution < -0.4 is 10.6 Å². The molecule has 2 unspecified atom stereocenters. The van der Waals surface area contributed by atoms with Crippen LogP contribution in [0.1, 0.15) is 24.8 Å². The molecule has 0 saturated carbocycles. The first-order chi connectivity index (χ1) is 7.27. The molecule has 2 aliphatic heterocycles. The molecule has 0 spiro atoms. The fraction of sp³-hybridized carbons (Fsp3) is 0.500. The summed E-state index contributed by atoms with van der Waals surface area (Å²) < 4.78 is 1.24. The third-order valence-corrected chi connectivity index (χ3v) is 4.34. The first-order valence-corrected chi connectivity index (χ1v) is 6.38. The average Bonchev–Trinajstić information content (AvgIpc) is 2.59. The van der Waals surface area contributed by atoms with E-state index in [1.807, 2.05) is 0 Å². The molecule has 2 N–H and O–H groups in total. The maximum atomic E-state index is 6.20. The molecule has 1 saturated heterocycles. The Morgan fingerprint density at radius 2 is 2.20 bits per heavy atom. The topological polar surface area (TPSA) is 29.3 Å². The standard InChI is InChI=1S/C12H15BrN2/c13-10-4-2-5-11-9(10)7-8-3-1-6-12(14)15(8)11/h2,4-5,8,12H,1,3,6-7,14H2. The highest BCUT2D eigenvalue weighted by Crippen LogP contribution is 2.41. The monoisotopic (exact) mass is 266 g/mol. The summed E-state index contributed by atoms with van der Waals surface area (Å²) in [7, 11) is 0. The van der Waals surface area contributed by atoms with Crippen molar-refractivity contribution in [3.63, 3.8) is 0 Å². The molecule has 2 aliphatic rings. The molecule has 0 aliphatic carbocycles. The Balaban J connectivity index is 2.07. The predicted molar refractivity (Wildman–Crippen MR) is 65.9 cm³/mol. The second-order valence-corrected chi connectivity index (χ2v) is 5.36. The number of piperidine rings is 1. The molecule has 0 amide bonds. The molecule has 3 rings (SSSR count). The summed E-state index contributed by atoms with van der Waals surface area (Å²) in [6, 6.07) is 7.07. The average molecular weight is 267 g/mol. The summed E-state index contributed by atoms with van der Waals surface area (Å²) in [5.41, 5.74) is 8.99. The highest BCUT2D eigenvalue weighted by molar-refractivity contribution is 9.10. The number of anilines is 1. The van der Waals surface area contributed by atoms with Gasteiger partial charge in [0, 0.05) is 16.2 Å². The zero-order chi connectivity index (χ0) is 10.4. The molecular formula is C12H15BrN2. The lowest BCUT2D eigenvalue weighted by Crippen LogP contribution is -2.49. The van der Waals surface area contributed by atoms with Crippen molar-refractivity contribution in [2.45, 2.75) is 37.9 Å². The van der Waals surface area contributed by atoms with Gasteiger partial charge in [-0.3, -0.25) is 0 Å². The zero-order valence-corrected chi connectivity index (χ0v) is 10.2. The summed E-state index contributed by atoms with van der Waals surface area (Å²) >= 11 is 3.63. The van der Waals surface area contributed by atoms with Gasteiger partial charge in [-0.15, -0.1) is 0 Å². The number of benzene rings is 1. The fourth-order valence-corrected chi connectivity index (χ4v) is 3.43. The quantitative estimate of drug-likeness (QED) is 0.783. The number of hydrogen-bond acceptors (Lipinski definition) is 2. The van der Waals surface area contributed by atoms with Gasteiger partial charge in [-0.2, -0.15) is 0 Å². The summed E-state index contributed by atoms with van der Waals surface area (Å²) in [6.07, 6.45) is 5.06. The number of fused-ring (bicyclic) bond motifs is 3. The second-order valence-electron chi connectivity index (χ2n) is 4.50. The largest absolute Gasteiger partial charge is 0.353 e. The van der Waals surface area contributed by atoms with Gasteiger partial charge in [0.2, 0.25) is 0 Å². The third-order valence-electron chi connectivity index (χ3n) is 3.60. The van der Waals surface area contributed by atoms with E-state index in [1.165, 1.54) is 28.6 Å². The van der Waals surface area contributed by atoms with Gasteiger partial charge < -0.3 is 10.6 Å². The van der Waals surface area contributed by atoms with Crippen LogP contribution in [0.4, 0.5) is 5.69 Å². The van der Waals surface area contributed by atoms with Gasteiger partial charge in [-0.25, -0.2) is 0 Å². The van der Waals surface area contributed by atoms with Crippen LogP contribution in [0.2, 0.25) is 0 Å². The van der Waals surface area contributed by atoms with Gasteiger partial charge >= 0.3 is 0 Å². The van der Waals surface area contributed by atoms with Crippen molar-refractivity contribution in [3.8, 4) is 0 Å². The molecule has 2 atom stereocenters. The van der Waals surface area contributed by atoms with Crippen molar-refractivity contribution in [3.05, 3.63) is 28.2 Å². The molecule has 2 heterocycles. The minimum atomic E-state index is 0.222. The first-order valence-electron chi connectivity index (χ1n) is 5.58. The van der Waals surface area contributed by atoms with E-state index >= 15 is 0 Å². The van der Waals surface area contributed by atoms with E-state index in [2.05, 4.69) is 39.0 Å². The predicted octanol–water partition coefficient (Wildman–Crippen LogP) is 2.65. The molecule has 3 heteroatoms. The second kappa shape index (κ2) is 3.49. The third kappa shape index (κ3) is 1.41. The van der Waals surface area contributed by atoms with Crippen LogP contribution in [0.5, 0.6) is 0 Å². The number of rotatable bonds is 0. The van der Waals surface area contributed by atoms with E-state index in [1.54, 1.807) is 0 Å². The lowest BCUT2D eigenvalue weighted by molar-refractivity contribution is 0.401. The van der Waals surface area contributed by atoms with E-state index in [-0.39, 0.29) is 6.17 Å². The Kier molecular flexibility index (Phi) is 2.25. The Morgan fingerprint density at radius 3 is 3.07 bits per heavy atom. The van der Waals surface area contributed by atoms with Crippen LogP contribution in [-0.2, 0) is 6.42 Å². The highest BCUT2D eigenvalue weighted by atomic mass is 79.9. The lowest BCUT2D eigenvalue weighted by Gasteiger charge is -2.37. The van der Waals surface area contributed by atoms with E-state index in [4.69, 9.17) is 5.73 Å². The zero-order valence-electron chi connectivity index (χ0n) is 8.62. The molecule has 2 nitrogen and oxygen atoms in total. The van der Waals surface area contributed by atoms with Crippen LogP contribution in [0.25, 0.3) is 0 Å². The summed E-state index contributed by atoms with van der Waals surface area (Å²) in [5.74, 6) is 0. The van der Waals surface area contributed by atoms with Crippen LogP contribution in [0.3, 0.4) is 0 Å². The van der Waals surface area contributed by atoms with Crippen molar-refractivity contribution >= 4 is 21.6 Å². The van der Waals surface area contributed by atoms with Crippen molar-refractivity contribution < 1.29 is 0 Å². The van der Waals surface area contributed by atoms with Gasteiger partial charge in [0.1, 0.15) is 0 Å². The van der Waals surface area contributed by atoms with Crippen LogP contribution in [0.15, 0.2) is 22.7 Å². The lowest BCUT2D eigenvalue weighted by atomic mass is 10.00. The minimum Gasteiger partial charge on any atom is -0.353 e. The maximum Gasteiger partial charge on any atom is 0.0774 e. The Labute approximate surface area is 98.6 Å². The normalized spacial score (nSPS) is 28.8. The van der Waals surface area contributed by atoms with Crippen molar-refractivity contribution in [1.29, 1.82) is 0 Å². The van der Waals surface area contributed by atoms with Gasteiger partial charge in [0.05, 0.1) is 6.17 Å². The summed E-state index contributed by atoms with van der Waals surface area (Å²) in [4.78, 5) is 2.42. The van der Waals surface area contributed by atoms with E-state index in [0.29, 0.717) is 6.04 Å². The molecule has 80 valence electrons. The van der Waals surface area contributed by atoms with Crippen LogP contribution in [-0.4, -0.2) is 12.2 Å². The van der Waals surface area contributed by atoms with E-state index in [9.17, 15) is 0 Å². The molecule has 15 heavy (non-hydrogen) atoms. The van der Waals surface area contributed by atoms with Gasteiger partial charge in [0.25, 0.3) is 0 Å². The van der Waals surface area contributed by atoms with Gasteiger partial charge in [-0.05, 0) is 43.4 Å². The Bertz CT molecular complexity index is 391. The van der Waals surface area contributed by atoms with Crippen molar-refractivity contribution in [2.75, 3.05) is 4.90 Å². The van der Waals surface area contributed by atoms with Gasteiger partial charge in [-0.1, -0.05) is 22.0 Å². The Morgan fingerprint density at radius 1 is 1.33 bits per heavy atom. The van der Waals surface area contributed by atoms with Crippen LogP contribution >= 0.6 is 15.9 Å². The molecule has 1 fully saturated rings. The van der Waals surface area contributed by atoms with E-state index in [0.717, 1.165) is 12.8 Å². The number of nitrogens with zero attached hydrogens (tertiary/aromatic N) is 1. The van der Waals surface area contributed by atoms with Crippen LogP contribution in [0, 0.1) is 0 Å². The maximum absolute atomic E-state index is 6.20. The molecular weight excluding hydrogens is 252 g/mol. The van der Waals surface area contributed by atoms with Crippen molar-refractivity contribution in [1.82, 2.24) is 0 Å². The van der Waals surface area contributed by atoms with Crippen molar-refractivity contribution in [2.24, 2.45) is 5.73 Å². The number of hydrogen-bond donors (Lipinski definition) is 1. The minimum absolute atomic E-state index is 0.222. The smallest absolute Gasteiger partial charge is 0.0774 e. The molecule has 0 aromatic heterocycles. The van der Waals surface area contributed by atoms with E-state index < -0.39 is 0 Å². The number of halogens is 1. The number of nitrogens with two attached hydrogens (primary N) is 1. The Hall–Kier alpha value is -0.540. The van der Waals surface area contributed by atoms with Gasteiger partial charge in [0.15, 0.2) is 0 Å². The highest BCUT2D eigenvalue weighted by Gasteiger charge is 2.35. The SMILES string of the molecule is NC1CCCC2Cc3c(Br)cccc3N12. The summed E-state index contributed by atoms with van der Waals surface area (Å²) in [5, 5.41) is 0. The molecule has 1 aromatic rings. The summed E-state index contributed by atoms with van der Waals surface area (Å²) in [6.45, 7) is 0. The fourth-order valence-electron chi connectivity index (χ4n) is 2.91. The molecule has 0 radical (unpaired) electrons. The molecule has 0 bridgehead atoms. The first kappa shape index (κ1) is 9.67.